The molecule has 0 atom stereocenters. The van der Waals surface area contributed by atoms with E-state index in [2.05, 4.69) is 60.9 Å². The Morgan fingerprint density at radius 3 is 2.44 bits per heavy atom. The van der Waals surface area contributed by atoms with Crippen molar-refractivity contribution in [1.29, 1.82) is 0 Å². The summed E-state index contributed by atoms with van der Waals surface area (Å²) in [6.07, 6.45) is 3.35. The van der Waals surface area contributed by atoms with Gasteiger partial charge in [0.15, 0.2) is 0 Å². The first-order valence-corrected chi connectivity index (χ1v) is 6.79. The van der Waals surface area contributed by atoms with Gasteiger partial charge in [-0.15, -0.1) is 0 Å². The molecule has 0 fully saturated rings. The highest BCUT2D eigenvalue weighted by molar-refractivity contribution is 5.24. The number of hydrogen-bond acceptors (Lipinski definition) is 1. The number of aromatic nitrogens is 2. The topological polar surface area (TPSA) is 17.8 Å². The molecular weight excluding hydrogens is 220 g/mol. The molecule has 1 aromatic heterocycles. The molecule has 2 heteroatoms. The van der Waals surface area contributed by atoms with Gasteiger partial charge in [0, 0.05) is 12.2 Å². The van der Waals surface area contributed by atoms with Crippen LogP contribution in [-0.4, -0.2) is 9.78 Å². The largest absolute Gasteiger partial charge is 0.269 e. The minimum Gasteiger partial charge on any atom is -0.269 e. The maximum absolute atomic E-state index is 4.63. The predicted molar refractivity (Wildman–Crippen MR) is 75.8 cm³/mol. The Kier molecular flexibility index (Phi) is 4.19. The summed E-state index contributed by atoms with van der Waals surface area (Å²) in [5.74, 6) is 0. The lowest BCUT2D eigenvalue weighted by molar-refractivity contribution is 0.561. The van der Waals surface area contributed by atoms with Crippen molar-refractivity contribution in [3.8, 4) is 0 Å². The monoisotopic (exact) mass is 242 g/mol. The molecule has 0 amide bonds. The summed E-state index contributed by atoms with van der Waals surface area (Å²) in [6.45, 7) is 7.51. The maximum atomic E-state index is 4.63. The third kappa shape index (κ3) is 2.81. The Morgan fingerprint density at radius 2 is 1.83 bits per heavy atom. The SMILES string of the molecule is CCc1c(C)nn(CCCc2ccccc2)c1C. The van der Waals surface area contributed by atoms with Crippen molar-refractivity contribution < 1.29 is 0 Å². The molecule has 0 spiro atoms. The Labute approximate surface area is 110 Å². The number of rotatable bonds is 5. The van der Waals surface area contributed by atoms with Crippen molar-refractivity contribution in [2.75, 3.05) is 0 Å². The van der Waals surface area contributed by atoms with Crippen molar-refractivity contribution in [1.82, 2.24) is 9.78 Å². The Bertz CT molecular complexity index is 497. The van der Waals surface area contributed by atoms with Crippen LogP contribution >= 0.6 is 0 Å². The summed E-state index contributed by atoms with van der Waals surface area (Å²) in [5, 5.41) is 4.63. The molecule has 0 aliphatic heterocycles. The van der Waals surface area contributed by atoms with E-state index < -0.39 is 0 Å². The average molecular weight is 242 g/mol. The molecule has 0 unspecified atom stereocenters. The summed E-state index contributed by atoms with van der Waals surface area (Å²) in [5.41, 5.74) is 5.35. The lowest BCUT2D eigenvalue weighted by Crippen LogP contribution is -2.04. The van der Waals surface area contributed by atoms with E-state index in [1.165, 1.54) is 22.5 Å². The van der Waals surface area contributed by atoms with Gasteiger partial charge in [-0.3, -0.25) is 4.68 Å². The summed E-state index contributed by atoms with van der Waals surface area (Å²) < 4.78 is 2.16. The minimum atomic E-state index is 1.02. The third-order valence-electron chi connectivity index (χ3n) is 3.56. The summed E-state index contributed by atoms with van der Waals surface area (Å²) >= 11 is 0. The molecule has 0 aliphatic rings. The molecule has 0 N–H and O–H groups in total. The first kappa shape index (κ1) is 12.9. The normalized spacial score (nSPS) is 10.8. The molecule has 0 saturated carbocycles. The van der Waals surface area contributed by atoms with E-state index in [1.807, 2.05) is 0 Å². The summed E-state index contributed by atoms with van der Waals surface area (Å²) in [4.78, 5) is 0. The van der Waals surface area contributed by atoms with Gasteiger partial charge in [0.1, 0.15) is 0 Å². The first-order chi connectivity index (χ1) is 8.72. The molecule has 0 aliphatic carbocycles. The second kappa shape index (κ2) is 5.85. The fourth-order valence-corrected chi connectivity index (χ4v) is 2.54. The molecule has 0 bridgehead atoms. The fourth-order valence-electron chi connectivity index (χ4n) is 2.54. The fraction of sp³-hybridized carbons (Fsp3) is 0.438. The third-order valence-corrected chi connectivity index (χ3v) is 3.56. The minimum absolute atomic E-state index is 1.02. The van der Waals surface area contributed by atoms with Crippen molar-refractivity contribution in [2.24, 2.45) is 0 Å². The molecule has 2 nitrogen and oxygen atoms in total. The Morgan fingerprint density at radius 1 is 1.11 bits per heavy atom. The molecular formula is C16H22N2. The highest BCUT2D eigenvalue weighted by atomic mass is 15.3. The number of hydrogen-bond donors (Lipinski definition) is 0. The van der Waals surface area contributed by atoms with E-state index in [9.17, 15) is 0 Å². The highest BCUT2D eigenvalue weighted by Crippen LogP contribution is 2.14. The number of benzene rings is 1. The first-order valence-electron chi connectivity index (χ1n) is 6.79. The van der Waals surface area contributed by atoms with Gasteiger partial charge >= 0.3 is 0 Å². The van der Waals surface area contributed by atoms with Gasteiger partial charge in [-0.1, -0.05) is 37.3 Å². The predicted octanol–water partition coefficient (Wildman–Crippen LogP) is 3.70. The quantitative estimate of drug-likeness (QED) is 0.781. The van der Waals surface area contributed by atoms with Crippen molar-refractivity contribution in [3.63, 3.8) is 0 Å². The van der Waals surface area contributed by atoms with Gasteiger partial charge < -0.3 is 0 Å². The lowest BCUT2D eigenvalue weighted by Gasteiger charge is -2.05. The van der Waals surface area contributed by atoms with Crippen LogP contribution in [0.15, 0.2) is 30.3 Å². The Hall–Kier alpha value is -1.57. The van der Waals surface area contributed by atoms with Crippen LogP contribution in [0.3, 0.4) is 0 Å². The molecule has 1 aromatic carbocycles. The average Bonchev–Trinajstić information content (AvgIpc) is 2.65. The van der Waals surface area contributed by atoms with Crippen LogP contribution in [0.5, 0.6) is 0 Å². The lowest BCUT2D eigenvalue weighted by atomic mass is 10.1. The van der Waals surface area contributed by atoms with Crippen LogP contribution in [0.1, 0.15) is 35.9 Å². The molecule has 18 heavy (non-hydrogen) atoms. The van der Waals surface area contributed by atoms with E-state index in [-0.39, 0.29) is 0 Å². The second-order valence-corrected chi connectivity index (χ2v) is 4.82. The zero-order valence-corrected chi connectivity index (χ0v) is 11.6. The zero-order valence-electron chi connectivity index (χ0n) is 11.6. The van der Waals surface area contributed by atoms with Crippen LogP contribution in [-0.2, 0) is 19.4 Å². The van der Waals surface area contributed by atoms with Gasteiger partial charge in [-0.2, -0.15) is 5.10 Å². The van der Waals surface area contributed by atoms with Crippen molar-refractivity contribution in [2.45, 2.75) is 46.6 Å². The van der Waals surface area contributed by atoms with Crippen molar-refractivity contribution >= 4 is 0 Å². The molecule has 2 rings (SSSR count). The van der Waals surface area contributed by atoms with Crippen LogP contribution in [0, 0.1) is 13.8 Å². The van der Waals surface area contributed by atoms with Crippen LogP contribution in [0.4, 0.5) is 0 Å². The van der Waals surface area contributed by atoms with E-state index in [0.29, 0.717) is 0 Å². The summed E-state index contributed by atoms with van der Waals surface area (Å²) in [7, 11) is 0. The molecule has 0 radical (unpaired) electrons. The Balaban J connectivity index is 1.95. The van der Waals surface area contributed by atoms with Crippen LogP contribution < -0.4 is 0 Å². The van der Waals surface area contributed by atoms with E-state index in [0.717, 1.165) is 25.8 Å². The maximum Gasteiger partial charge on any atom is 0.0628 e. The summed E-state index contributed by atoms with van der Waals surface area (Å²) in [6, 6.07) is 10.7. The van der Waals surface area contributed by atoms with E-state index in [4.69, 9.17) is 0 Å². The molecule has 0 saturated heterocycles. The van der Waals surface area contributed by atoms with Crippen molar-refractivity contribution in [3.05, 3.63) is 52.8 Å². The number of aryl methyl sites for hydroxylation is 3. The van der Waals surface area contributed by atoms with Crippen LogP contribution in [0.2, 0.25) is 0 Å². The van der Waals surface area contributed by atoms with Gasteiger partial charge in [-0.25, -0.2) is 0 Å². The van der Waals surface area contributed by atoms with E-state index in [1.54, 1.807) is 0 Å². The van der Waals surface area contributed by atoms with Crippen LogP contribution in [0.25, 0.3) is 0 Å². The van der Waals surface area contributed by atoms with E-state index >= 15 is 0 Å². The molecule has 1 heterocycles. The second-order valence-electron chi connectivity index (χ2n) is 4.82. The molecule has 2 aromatic rings. The van der Waals surface area contributed by atoms with Gasteiger partial charge in [0.05, 0.1) is 5.69 Å². The highest BCUT2D eigenvalue weighted by Gasteiger charge is 2.08. The number of nitrogens with zero attached hydrogens (tertiary/aromatic N) is 2. The zero-order chi connectivity index (χ0) is 13.0. The van der Waals surface area contributed by atoms with Gasteiger partial charge in [0.25, 0.3) is 0 Å². The van der Waals surface area contributed by atoms with Gasteiger partial charge in [-0.05, 0) is 44.2 Å². The van der Waals surface area contributed by atoms with Gasteiger partial charge in [0.2, 0.25) is 0 Å². The smallest absolute Gasteiger partial charge is 0.0628 e. The molecule has 96 valence electrons. The standard InChI is InChI=1S/C16H22N2/c1-4-16-13(2)17-18(14(16)3)12-8-11-15-9-6-5-7-10-15/h5-7,9-10H,4,8,11-12H2,1-3H3.